The average Bonchev–Trinajstić information content (AvgIpc) is 3.07. The van der Waals surface area contributed by atoms with E-state index >= 15 is 0 Å². The Balaban J connectivity index is 1.84. The number of rotatable bonds is 2. The van der Waals surface area contributed by atoms with Crippen LogP contribution in [0.3, 0.4) is 0 Å². The van der Waals surface area contributed by atoms with Gasteiger partial charge < -0.3 is 9.42 Å². The predicted octanol–water partition coefficient (Wildman–Crippen LogP) is 0.705. The first kappa shape index (κ1) is 14.5. The van der Waals surface area contributed by atoms with Crippen molar-refractivity contribution in [2.45, 2.75) is 31.2 Å². The maximum Gasteiger partial charge on any atom is 0.292 e. The molecule has 2 aliphatic rings. The molecule has 3 rings (SSSR count). The van der Waals surface area contributed by atoms with Gasteiger partial charge in [0.15, 0.2) is 0 Å². The second-order valence-corrected chi connectivity index (χ2v) is 7.78. The fourth-order valence-electron chi connectivity index (χ4n) is 3.61. The van der Waals surface area contributed by atoms with Crippen molar-refractivity contribution in [1.82, 2.24) is 14.4 Å². The van der Waals surface area contributed by atoms with Crippen molar-refractivity contribution in [3.05, 3.63) is 18.0 Å². The first-order valence-electron chi connectivity index (χ1n) is 7.10. The van der Waals surface area contributed by atoms with Crippen LogP contribution in [0.1, 0.15) is 36.2 Å². The Morgan fingerprint density at radius 1 is 1.33 bits per heavy atom. The summed E-state index contributed by atoms with van der Waals surface area (Å²) in [6.45, 7) is 1.60. The summed E-state index contributed by atoms with van der Waals surface area (Å²) in [5.41, 5.74) is -0.443. The van der Waals surface area contributed by atoms with E-state index in [1.54, 1.807) is 9.21 Å². The smallest absolute Gasteiger partial charge is 0.292 e. The van der Waals surface area contributed by atoms with E-state index in [0.717, 1.165) is 25.7 Å². The first-order chi connectivity index (χ1) is 9.92. The Morgan fingerprint density at radius 3 is 2.67 bits per heavy atom. The Hall–Kier alpha value is -1.41. The topological polar surface area (TPSA) is 83.7 Å². The van der Waals surface area contributed by atoms with Gasteiger partial charge in [0.1, 0.15) is 0 Å². The molecule has 0 saturated carbocycles. The van der Waals surface area contributed by atoms with E-state index in [0.29, 0.717) is 19.6 Å². The molecule has 0 aliphatic carbocycles. The summed E-state index contributed by atoms with van der Waals surface area (Å²) < 4.78 is 30.5. The summed E-state index contributed by atoms with van der Waals surface area (Å²) in [7, 11) is -3.25. The summed E-state index contributed by atoms with van der Waals surface area (Å²) >= 11 is 0. The minimum absolute atomic E-state index is 0.205. The van der Waals surface area contributed by atoms with Crippen LogP contribution in [0.4, 0.5) is 0 Å². The summed E-state index contributed by atoms with van der Waals surface area (Å²) in [6.07, 6.45) is 5.94. The lowest BCUT2D eigenvalue weighted by atomic mass is 9.87. The molecule has 8 heteroatoms. The SMILES string of the molecule is CS(=O)(=O)N1CCC[C@@]12CCCN(C(=O)c1ccno1)C2. The van der Waals surface area contributed by atoms with E-state index in [1.165, 1.54) is 18.5 Å². The zero-order chi connectivity index (χ0) is 15.1. The number of sulfonamides is 1. The molecule has 0 radical (unpaired) electrons. The van der Waals surface area contributed by atoms with Crippen molar-refractivity contribution < 1.29 is 17.7 Å². The third kappa shape index (κ3) is 2.57. The average molecular weight is 313 g/mol. The van der Waals surface area contributed by atoms with E-state index in [2.05, 4.69) is 5.16 Å². The van der Waals surface area contributed by atoms with Crippen LogP contribution in [0.5, 0.6) is 0 Å². The highest BCUT2D eigenvalue weighted by atomic mass is 32.2. The third-order valence-corrected chi connectivity index (χ3v) is 5.79. The number of carbonyl (C=O) groups excluding carboxylic acids is 1. The molecule has 0 N–H and O–H groups in total. The van der Waals surface area contributed by atoms with Crippen LogP contribution in [-0.2, 0) is 10.0 Å². The zero-order valence-corrected chi connectivity index (χ0v) is 12.8. The van der Waals surface area contributed by atoms with Gasteiger partial charge in [0.2, 0.25) is 15.8 Å². The van der Waals surface area contributed by atoms with E-state index in [1.807, 2.05) is 0 Å². The van der Waals surface area contributed by atoms with Crippen LogP contribution in [0, 0.1) is 0 Å². The van der Waals surface area contributed by atoms with Gasteiger partial charge in [-0.25, -0.2) is 8.42 Å². The highest BCUT2D eigenvalue weighted by Crippen LogP contribution is 2.39. The molecule has 0 unspecified atom stereocenters. The maximum absolute atomic E-state index is 12.4. The lowest BCUT2D eigenvalue weighted by Crippen LogP contribution is -2.58. The number of hydrogen-bond donors (Lipinski definition) is 0. The molecule has 1 amide bonds. The fraction of sp³-hybridized carbons (Fsp3) is 0.692. The molecule has 1 spiro atoms. The molecule has 1 aromatic rings. The van der Waals surface area contributed by atoms with Gasteiger partial charge in [-0.1, -0.05) is 5.16 Å². The van der Waals surface area contributed by atoms with Gasteiger partial charge in [-0.2, -0.15) is 4.31 Å². The fourth-order valence-corrected chi connectivity index (χ4v) is 5.01. The van der Waals surface area contributed by atoms with Gasteiger partial charge in [0.25, 0.3) is 5.91 Å². The van der Waals surface area contributed by atoms with E-state index in [4.69, 9.17) is 4.52 Å². The minimum Gasteiger partial charge on any atom is -0.351 e. The van der Waals surface area contributed by atoms with Crippen LogP contribution in [-0.4, -0.2) is 60.1 Å². The van der Waals surface area contributed by atoms with E-state index in [9.17, 15) is 13.2 Å². The molecular formula is C13H19N3O4S. The molecule has 2 saturated heterocycles. The van der Waals surface area contributed by atoms with Crippen LogP contribution < -0.4 is 0 Å². The number of amides is 1. The predicted molar refractivity (Wildman–Crippen MR) is 75.2 cm³/mol. The van der Waals surface area contributed by atoms with Crippen molar-refractivity contribution >= 4 is 15.9 Å². The Morgan fingerprint density at radius 2 is 2.05 bits per heavy atom. The van der Waals surface area contributed by atoms with Crippen molar-refractivity contribution in [3.8, 4) is 0 Å². The van der Waals surface area contributed by atoms with Crippen molar-refractivity contribution in [1.29, 1.82) is 0 Å². The number of likely N-dealkylation sites (tertiary alicyclic amines) is 1. The molecule has 21 heavy (non-hydrogen) atoms. The number of nitrogens with zero attached hydrogens (tertiary/aromatic N) is 3. The van der Waals surface area contributed by atoms with Crippen molar-refractivity contribution in [3.63, 3.8) is 0 Å². The number of aromatic nitrogens is 1. The van der Waals surface area contributed by atoms with Gasteiger partial charge in [-0.3, -0.25) is 4.79 Å². The lowest BCUT2D eigenvalue weighted by Gasteiger charge is -2.44. The number of hydrogen-bond acceptors (Lipinski definition) is 5. The summed E-state index contributed by atoms with van der Waals surface area (Å²) in [4.78, 5) is 14.1. The second kappa shape index (κ2) is 5.10. The molecule has 2 aliphatic heterocycles. The summed E-state index contributed by atoms with van der Waals surface area (Å²) in [5.74, 6) is -0.0112. The minimum atomic E-state index is -3.25. The van der Waals surface area contributed by atoms with Crippen LogP contribution in [0.25, 0.3) is 0 Å². The molecule has 1 atom stereocenters. The number of piperidine rings is 1. The van der Waals surface area contributed by atoms with E-state index in [-0.39, 0.29) is 11.7 Å². The molecule has 1 aromatic heterocycles. The molecule has 116 valence electrons. The lowest BCUT2D eigenvalue weighted by molar-refractivity contribution is 0.0488. The maximum atomic E-state index is 12.4. The Labute approximate surface area is 123 Å². The number of carbonyl (C=O) groups is 1. The second-order valence-electron chi connectivity index (χ2n) is 5.87. The molecular weight excluding hydrogens is 294 g/mol. The van der Waals surface area contributed by atoms with Crippen LogP contribution in [0.2, 0.25) is 0 Å². The standard InChI is InChI=1S/C13H19N3O4S/c1-21(18,19)16-9-3-6-13(16)5-2-8-15(10-13)12(17)11-4-7-14-20-11/h4,7H,2-3,5-6,8-10H2,1H3/t13-/m1/s1. The molecule has 0 bridgehead atoms. The largest absolute Gasteiger partial charge is 0.351 e. The van der Waals surface area contributed by atoms with Crippen LogP contribution >= 0.6 is 0 Å². The molecule has 0 aromatic carbocycles. The highest BCUT2D eigenvalue weighted by molar-refractivity contribution is 7.88. The highest BCUT2D eigenvalue weighted by Gasteiger charge is 2.48. The molecule has 7 nitrogen and oxygen atoms in total. The molecule has 3 heterocycles. The quantitative estimate of drug-likeness (QED) is 0.802. The van der Waals surface area contributed by atoms with Crippen LogP contribution in [0.15, 0.2) is 16.8 Å². The summed E-state index contributed by atoms with van der Waals surface area (Å²) in [5, 5.41) is 3.55. The molecule has 2 fully saturated rings. The first-order valence-corrected chi connectivity index (χ1v) is 8.95. The van der Waals surface area contributed by atoms with E-state index < -0.39 is 15.6 Å². The summed E-state index contributed by atoms with van der Waals surface area (Å²) in [6, 6.07) is 1.53. The van der Waals surface area contributed by atoms with Gasteiger partial charge >= 0.3 is 0 Å². The van der Waals surface area contributed by atoms with Crippen molar-refractivity contribution in [2.24, 2.45) is 0 Å². The Bertz CT molecular complexity index is 628. The zero-order valence-electron chi connectivity index (χ0n) is 12.0. The normalized spacial score (nSPS) is 27.4. The van der Waals surface area contributed by atoms with Gasteiger partial charge in [0.05, 0.1) is 18.0 Å². The van der Waals surface area contributed by atoms with Gasteiger partial charge in [0, 0.05) is 25.7 Å². The monoisotopic (exact) mass is 313 g/mol. The Kier molecular flexibility index (Phi) is 3.53. The van der Waals surface area contributed by atoms with Crippen molar-refractivity contribution in [2.75, 3.05) is 25.9 Å². The van der Waals surface area contributed by atoms with Gasteiger partial charge in [-0.05, 0) is 25.7 Å². The van der Waals surface area contributed by atoms with Gasteiger partial charge in [-0.15, -0.1) is 0 Å². The third-order valence-electron chi connectivity index (χ3n) is 4.42.